The average molecular weight is 281 g/mol. The van der Waals surface area contributed by atoms with E-state index in [-0.39, 0.29) is 6.04 Å². The summed E-state index contributed by atoms with van der Waals surface area (Å²) in [7, 11) is 0. The molecule has 1 atom stereocenters. The van der Waals surface area contributed by atoms with E-state index >= 15 is 0 Å². The van der Waals surface area contributed by atoms with Gasteiger partial charge < -0.3 is 5.32 Å². The number of nitrogens with zero attached hydrogens (tertiary/aromatic N) is 2. The van der Waals surface area contributed by atoms with E-state index in [9.17, 15) is 0 Å². The quantitative estimate of drug-likeness (QED) is 0.905. The number of nitrogens with one attached hydrogen (secondary N) is 1. The van der Waals surface area contributed by atoms with Gasteiger partial charge in [-0.15, -0.1) is 22.7 Å². The van der Waals surface area contributed by atoms with Crippen LogP contribution in [-0.4, -0.2) is 16.0 Å². The lowest BCUT2D eigenvalue weighted by Gasteiger charge is -2.17. The second-order valence-electron chi connectivity index (χ2n) is 4.92. The molecule has 2 heterocycles. The van der Waals surface area contributed by atoms with Crippen molar-refractivity contribution in [3.63, 3.8) is 0 Å². The molecule has 2 aromatic heterocycles. The normalized spacial score (nSPS) is 13.4. The zero-order chi connectivity index (χ0) is 13.1. The first-order valence-electron chi connectivity index (χ1n) is 6.17. The van der Waals surface area contributed by atoms with Crippen molar-refractivity contribution < 1.29 is 0 Å². The molecule has 98 valence electrons. The van der Waals surface area contributed by atoms with Crippen LogP contribution in [0.1, 0.15) is 55.2 Å². The molecular weight excluding hydrogens is 262 g/mol. The van der Waals surface area contributed by atoms with Crippen molar-refractivity contribution in [2.75, 3.05) is 0 Å². The van der Waals surface area contributed by atoms with Crippen LogP contribution in [0.5, 0.6) is 0 Å². The monoisotopic (exact) mass is 281 g/mol. The van der Waals surface area contributed by atoms with Crippen LogP contribution < -0.4 is 5.32 Å². The zero-order valence-corrected chi connectivity index (χ0v) is 12.8. The van der Waals surface area contributed by atoms with Gasteiger partial charge in [0.1, 0.15) is 5.01 Å². The van der Waals surface area contributed by atoms with Gasteiger partial charge in [0.05, 0.1) is 17.2 Å². The standard InChI is InChI=1S/C13H19N3S2/c1-8(2)10-6-17-13(16-10)12(15-9(3)4)11-5-14-7-18-11/h5-9,12,15H,1-4H3. The lowest BCUT2D eigenvalue weighted by molar-refractivity contribution is 0.530. The second-order valence-corrected chi connectivity index (χ2v) is 6.73. The van der Waals surface area contributed by atoms with Crippen molar-refractivity contribution >= 4 is 22.7 Å². The van der Waals surface area contributed by atoms with Crippen LogP contribution in [0.4, 0.5) is 0 Å². The molecule has 1 N–H and O–H groups in total. The van der Waals surface area contributed by atoms with Gasteiger partial charge in [-0.2, -0.15) is 0 Å². The summed E-state index contributed by atoms with van der Waals surface area (Å²) in [5, 5.41) is 6.87. The van der Waals surface area contributed by atoms with Crippen molar-refractivity contribution in [2.24, 2.45) is 0 Å². The molecule has 2 aromatic rings. The first-order chi connectivity index (χ1) is 8.58. The van der Waals surface area contributed by atoms with E-state index in [0.717, 1.165) is 5.01 Å². The van der Waals surface area contributed by atoms with Crippen molar-refractivity contribution in [2.45, 2.75) is 45.7 Å². The molecule has 1 unspecified atom stereocenters. The average Bonchev–Trinajstić information content (AvgIpc) is 2.97. The second kappa shape index (κ2) is 5.91. The third-order valence-corrected chi connectivity index (χ3v) is 4.38. The maximum absolute atomic E-state index is 4.75. The minimum atomic E-state index is 0.176. The van der Waals surface area contributed by atoms with E-state index < -0.39 is 0 Å². The Hall–Kier alpha value is -0.780. The van der Waals surface area contributed by atoms with Gasteiger partial charge in [0, 0.05) is 22.5 Å². The van der Waals surface area contributed by atoms with E-state index in [1.165, 1.54) is 10.6 Å². The molecule has 0 fully saturated rings. The van der Waals surface area contributed by atoms with Crippen molar-refractivity contribution in [3.8, 4) is 0 Å². The fourth-order valence-corrected chi connectivity index (χ4v) is 3.49. The SMILES string of the molecule is CC(C)NC(c1cncs1)c1nc(C(C)C)cs1. The molecular formula is C13H19N3S2. The highest BCUT2D eigenvalue weighted by Gasteiger charge is 2.20. The Kier molecular flexibility index (Phi) is 4.48. The molecule has 0 spiro atoms. The minimum absolute atomic E-state index is 0.176. The first-order valence-corrected chi connectivity index (χ1v) is 7.93. The number of hydrogen-bond donors (Lipinski definition) is 1. The Morgan fingerprint density at radius 3 is 2.44 bits per heavy atom. The molecule has 18 heavy (non-hydrogen) atoms. The summed E-state index contributed by atoms with van der Waals surface area (Å²) in [4.78, 5) is 10.2. The summed E-state index contributed by atoms with van der Waals surface area (Å²) < 4.78 is 0. The van der Waals surface area contributed by atoms with Crippen LogP contribution in [0.15, 0.2) is 17.1 Å². The van der Waals surface area contributed by atoms with Crippen LogP contribution >= 0.6 is 22.7 Å². The molecule has 0 saturated heterocycles. The zero-order valence-electron chi connectivity index (χ0n) is 11.2. The highest BCUT2D eigenvalue weighted by Crippen LogP contribution is 2.29. The molecule has 3 nitrogen and oxygen atoms in total. The van der Waals surface area contributed by atoms with Crippen LogP contribution in [-0.2, 0) is 0 Å². The van der Waals surface area contributed by atoms with E-state index in [0.29, 0.717) is 12.0 Å². The number of aromatic nitrogens is 2. The van der Waals surface area contributed by atoms with Crippen molar-refractivity contribution in [3.05, 3.63) is 32.7 Å². The lowest BCUT2D eigenvalue weighted by atomic mass is 10.1. The van der Waals surface area contributed by atoms with Crippen LogP contribution in [0.2, 0.25) is 0 Å². The first kappa shape index (κ1) is 13.6. The summed E-state index contributed by atoms with van der Waals surface area (Å²) in [6.45, 7) is 8.67. The van der Waals surface area contributed by atoms with Crippen LogP contribution in [0, 0.1) is 0 Å². The Morgan fingerprint density at radius 1 is 1.17 bits per heavy atom. The maximum atomic E-state index is 4.75. The molecule has 0 bridgehead atoms. The summed E-state index contributed by atoms with van der Waals surface area (Å²) >= 11 is 3.41. The molecule has 2 rings (SSSR count). The fourth-order valence-electron chi connectivity index (χ4n) is 1.68. The predicted molar refractivity (Wildman–Crippen MR) is 78.4 cm³/mol. The fraction of sp³-hybridized carbons (Fsp3) is 0.538. The minimum Gasteiger partial charge on any atom is -0.301 e. The number of hydrogen-bond acceptors (Lipinski definition) is 5. The van der Waals surface area contributed by atoms with E-state index in [1.807, 2.05) is 11.7 Å². The highest BCUT2D eigenvalue weighted by atomic mass is 32.1. The van der Waals surface area contributed by atoms with Gasteiger partial charge in [0.25, 0.3) is 0 Å². The molecule has 0 amide bonds. The molecule has 0 radical (unpaired) electrons. The molecule has 0 aromatic carbocycles. The van der Waals surface area contributed by atoms with Crippen LogP contribution in [0.3, 0.4) is 0 Å². The van der Waals surface area contributed by atoms with Gasteiger partial charge in [0.15, 0.2) is 0 Å². The topological polar surface area (TPSA) is 37.8 Å². The van der Waals surface area contributed by atoms with Gasteiger partial charge in [0.2, 0.25) is 0 Å². The molecule has 0 aliphatic carbocycles. The molecule has 0 saturated carbocycles. The maximum Gasteiger partial charge on any atom is 0.115 e. The smallest absolute Gasteiger partial charge is 0.115 e. The molecule has 0 aliphatic heterocycles. The van der Waals surface area contributed by atoms with E-state index in [1.54, 1.807) is 22.7 Å². The molecule has 0 aliphatic rings. The van der Waals surface area contributed by atoms with Gasteiger partial charge in [-0.3, -0.25) is 4.98 Å². The summed E-state index contributed by atoms with van der Waals surface area (Å²) in [5.74, 6) is 0.483. The Bertz CT molecular complexity index is 474. The highest BCUT2D eigenvalue weighted by molar-refractivity contribution is 7.11. The van der Waals surface area contributed by atoms with Crippen molar-refractivity contribution in [1.29, 1.82) is 0 Å². The summed E-state index contributed by atoms with van der Waals surface area (Å²) in [5.41, 5.74) is 3.05. The Labute approximate surface area is 116 Å². The largest absolute Gasteiger partial charge is 0.301 e. The van der Waals surface area contributed by atoms with Crippen LogP contribution in [0.25, 0.3) is 0 Å². The van der Waals surface area contributed by atoms with Crippen molar-refractivity contribution in [1.82, 2.24) is 15.3 Å². The summed E-state index contributed by atoms with van der Waals surface area (Å²) in [6.07, 6.45) is 1.93. The number of thiazole rings is 2. The van der Waals surface area contributed by atoms with Gasteiger partial charge in [-0.25, -0.2) is 4.98 Å². The van der Waals surface area contributed by atoms with Gasteiger partial charge in [-0.1, -0.05) is 13.8 Å². The number of rotatable bonds is 5. The molecule has 5 heteroatoms. The van der Waals surface area contributed by atoms with E-state index in [4.69, 9.17) is 4.98 Å². The Morgan fingerprint density at radius 2 is 1.94 bits per heavy atom. The van der Waals surface area contributed by atoms with E-state index in [2.05, 4.69) is 43.4 Å². The predicted octanol–water partition coefficient (Wildman–Crippen LogP) is 3.81. The lowest BCUT2D eigenvalue weighted by Crippen LogP contribution is -2.28. The Balaban J connectivity index is 2.28. The third-order valence-electron chi connectivity index (χ3n) is 2.61. The third kappa shape index (κ3) is 3.16. The van der Waals surface area contributed by atoms with Gasteiger partial charge in [-0.05, 0) is 19.8 Å². The summed E-state index contributed by atoms with van der Waals surface area (Å²) in [6, 6.07) is 0.596. The van der Waals surface area contributed by atoms with Gasteiger partial charge >= 0.3 is 0 Å².